The molecule has 2 aromatic heterocycles. The Morgan fingerprint density at radius 3 is 2.56 bits per heavy atom. The molecule has 3 aromatic rings. The van der Waals surface area contributed by atoms with Gasteiger partial charge in [-0.1, -0.05) is 24.3 Å². The second-order valence-electron chi connectivity index (χ2n) is 5.78. The Kier molecular flexibility index (Phi) is 4.11. The maximum absolute atomic E-state index is 13.2. The van der Waals surface area contributed by atoms with Gasteiger partial charge in [-0.05, 0) is 35.7 Å². The molecule has 6 heteroatoms. The zero-order valence-corrected chi connectivity index (χ0v) is 14.2. The fourth-order valence-electron chi connectivity index (χ4n) is 3.03. The molecular formula is C19H16N2O3S. The Morgan fingerprint density at radius 1 is 1.04 bits per heavy atom. The van der Waals surface area contributed by atoms with Gasteiger partial charge in [0.05, 0.1) is 12.8 Å². The van der Waals surface area contributed by atoms with Gasteiger partial charge in [-0.15, -0.1) is 11.3 Å². The molecule has 5 nitrogen and oxygen atoms in total. The van der Waals surface area contributed by atoms with Gasteiger partial charge in [-0.3, -0.25) is 9.59 Å². The summed E-state index contributed by atoms with van der Waals surface area (Å²) in [7, 11) is 0. The molecule has 0 bridgehead atoms. The first kappa shape index (κ1) is 15.7. The van der Waals surface area contributed by atoms with E-state index in [1.54, 1.807) is 22.1 Å². The first-order chi connectivity index (χ1) is 12.2. The van der Waals surface area contributed by atoms with Crippen LogP contribution in [0.2, 0.25) is 0 Å². The molecule has 4 rings (SSSR count). The summed E-state index contributed by atoms with van der Waals surface area (Å²) >= 11 is 1.48. The van der Waals surface area contributed by atoms with Gasteiger partial charge in [-0.25, -0.2) is 0 Å². The number of rotatable bonds is 4. The smallest absolute Gasteiger partial charge is 0.255 e. The van der Waals surface area contributed by atoms with E-state index in [0.717, 1.165) is 10.6 Å². The summed E-state index contributed by atoms with van der Waals surface area (Å²) in [4.78, 5) is 30.1. The number of benzene rings is 1. The Morgan fingerprint density at radius 2 is 1.88 bits per heavy atom. The summed E-state index contributed by atoms with van der Waals surface area (Å²) in [6.07, 6.45) is 1.57. The van der Waals surface area contributed by atoms with Gasteiger partial charge < -0.3 is 14.2 Å². The number of furan rings is 1. The topological polar surface area (TPSA) is 53.8 Å². The zero-order chi connectivity index (χ0) is 17.2. The highest BCUT2D eigenvalue weighted by Gasteiger charge is 2.41. The van der Waals surface area contributed by atoms with Crippen molar-refractivity contribution in [2.75, 3.05) is 11.4 Å². The lowest BCUT2D eigenvalue weighted by Gasteiger charge is -2.39. The fraction of sp³-hybridized carbons (Fsp3) is 0.158. The van der Waals surface area contributed by atoms with Crippen molar-refractivity contribution in [2.45, 2.75) is 12.6 Å². The molecule has 0 N–H and O–H groups in total. The highest BCUT2D eigenvalue weighted by atomic mass is 32.1. The first-order valence-corrected chi connectivity index (χ1v) is 8.83. The van der Waals surface area contributed by atoms with Crippen molar-refractivity contribution in [3.8, 4) is 0 Å². The third-order valence-electron chi connectivity index (χ3n) is 4.21. The number of hydrogen-bond acceptors (Lipinski definition) is 4. The van der Waals surface area contributed by atoms with Gasteiger partial charge >= 0.3 is 0 Å². The molecule has 0 radical (unpaired) electrons. The van der Waals surface area contributed by atoms with E-state index in [2.05, 4.69) is 0 Å². The number of amides is 2. The van der Waals surface area contributed by atoms with Crippen LogP contribution in [0.5, 0.6) is 0 Å². The van der Waals surface area contributed by atoms with Crippen LogP contribution < -0.4 is 4.90 Å². The lowest BCUT2D eigenvalue weighted by Crippen LogP contribution is -2.55. The largest absolute Gasteiger partial charge is 0.467 e. The highest BCUT2D eigenvalue weighted by molar-refractivity contribution is 7.10. The van der Waals surface area contributed by atoms with E-state index in [1.165, 1.54) is 11.3 Å². The Hall–Kier alpha value is -2.86. The van der Waals surface area contributed by atoms with Crippen molar-refractivity contribution in [1.29, 1.82) is 0 Å². The number of para-hydroxylation sites is 1. The molecule has 2 amide bonds. The molecule has 3 heterocycles. The quantitative estimate of drug-likeness (QED) is 0.723. The van der Waals surface area contributed by atoms with Gasteiger partial charge in [0.1, 0.15) is 18.3 Å². The number of carbonyl (C=O) groups excluding carboxylic acids is 2. The fourth-order valence-corrected chi connectivity index (χ4v) is 3.86. The molecule has 25 heavy (non-hydrogen) atoms. The highest BCUT2D eigenvalue weighted by Crippen LogP contribution is 2.33. The molecule has 1 saturated heterocycles. The third kappa shape index (κ3) is 2.96. The number of piperazine rings is 1. The van der Waals surface area contributed by atoms with Crippen molar-refractivity contribution < 1.29 is 14.0 Å². The predicted octanol–water partition coefficient (Wildman–Crippen LogP) is 3.46. The summed E-state index contributed by atoms with van der Waals surface area (Å²) in [5.41, 5.74) is 0.736. The van der Waals surface area contributed by atoms with Gasteiger partial charge in [0, 0.05) is 10.6 Å². The number of nitrogens with zero attached hydrogens (tertiary/aromatic N) is 2. The number of carbonyl (C=O) groups is 2. The summed E-state index contributed by atoms with van der Waals surface area (Å²) in [5.74, 6) is 0.467. The molecule has 1 fully saturated rings. The van der Waals surface area contributed by atoms with Crippen LogP contribution in [-0.2, 0) is 16.1 Å². The summed E-state index contributed by atoms with van der Waals surface area (Å²) < 4.78 is 5.38. The summed E-state index contributed by atoms with van der Waals surface area (Å²) in [6.45, 7) is 0.314. The standard InChI is InChI=1S/C19H16N2O3S/c22-17-13-20(14-6-2-1-3-7-14)19(23)18(16-9-5-11-25-16)21(17)12-15-8-4-10-24-15/h1-11,18H,12-13H2/t18-/m1/s1. The molecule has 1 atom stereocenters. The summed E-state index contributed by atoms with van der Waals surface area (Å²) in [6, 6.07) is 16.1. The number of anilines is 1. The summed E-state index contributed by atoms with van der Waals surface area (Å²) in [5, 5.41) is 1.92. The second-order valence-corrected chi connectivity index (χ2v) is 6.76. The van der Waals surface area contributed by atoms with E-state index >= 15 is 0 Å². The SMILES string of the molecule is O=C1[C@@H](c2cccs2)N(Cc2ccco2)C(=O)CN1c1ccccc1. The molecule has 0 aliphatic carbocycles. The third-order valence-corrected chi connectivity index (χ3v) is 5.14. The van der Waals surface area contributed by atoms with Gasteiger partial charge in [-0.2, -0.15) is 0 Å². The molecule has 0 saturated carbocycles. The van der Waals surface area contributed by atoms with E-state index < -0.39 is 6.04 Å². The molecular weight excluding hydrogens is 336 g/mol. The van der Waals surface area contributed by atoms with Crippen LogP contribution in [0.25, 0.3) is 0 Å². The Balaban J connectivity index is 1.71. The Bertz CT molecular complexity index is 859. The first-order valence-electron chi connectivity index (χ1n) is 7.96. The maximum Gasteiger partial charge on any atom is 0.255 e. The minimum Gasteiger partial charge on any atom is -0.467 e. The molecule has 126 valence electrons. The van der Waals surface area contributed by atoms with Crippen LogP contribution in [0.4, 0.5) is 5.69 Å². The molecule has 0 spiro atoms. The second kappa shape index (κ2) is 6.57. The van der Waals surface area contributed by atoms with Crippen LogP contribution in [0, 0.1) is 0 Å². The number of hydrogen-bond donors (Lipinski definition) is 0. The predicted molar refractivity (Wildman–Crippen MR) is 95.1 cm³/mol. The van der Waals surface area contributed by atoms with Crippen LogP contribution >= 0.6 is 11.3 Å². The van der Waals surface area contributed by atoms with Crippen LogP contribution in [0.3, 0.4) is 0 Å². The van der Waals surface area contributed by atoms with Gasteiger partial charge in [0.15, 0.2) is 0 Å². The number of thiophene rings is 1. The van der Waals surface area contributed by atoms with Crippen molar-refractivity contribution in [3.63, 3.8) is 0 Å². The lowest BCUT2D eigenvalue weighted by atomic mass is 10.1. The maximum atomic E-state index is 13.2. The van der Waals surface area contributed by atoms with E-state index in [-0.39, 0.29) is 24.9 Å². The van der Waals surface area contributed by atoms with E-state index in [4.69, 9.17) is 4.42 Å². The zero-order valence-electron chi connectivity index (χ0n) is 13.4. The minimum absolute atomic E-state index is 0.0332. The molecule has 1 aliphatic heterocycles. The average Bonchev–Trinajstić information content (AvgIpc) is 3.33. The van der Waals surface area contributed by atoms with Crippen molar-refractivity contribution >= 4 is 28.8 Å². The van der Waals surface area contributed by atoms with Crippen molar-refractivity contribution in [3.05, 3.63) is 76.9 Å². The minimum atomic E-state index is -0.633. The lowest BCUT2D eigenvalue weighted by molar-refractivity contribution is -0.144. The van der Waals surface area contributed by atoms with Crippen LogP contribution in [0.15, 0.2) is 70.7 Å². The van der Waals surface area contributed by atoms with E-state index in [1.807, 2.05) is 53.9 Å². The van der Waals surface area contributed by atoms with Crippen LogP contribution in [0.1, 0.15) is 16.7 Å². The molecule has 1 aromatic carbocycles. The normalized spacial score (nSPS) is 18.0. The van der Waals surface area contributed by atoms with E-state index in [9.17, 15) is 9.59 Å². The molecule has 0 unspecified atom stereocenters. The van der Waals surface area contributed by atoms with E-state index in [0.29, 0.717) is 5.76 Å². The van der Waals surface area contributed by atoms with Gasteiger partial charge in [0.2, 0.25) is 5.91 Å². The average molecular weight is 352 g/mol. The monoisotopic (exact) mass is 352 g/mol. The Labute approximate surface area is 149 Å². The van der Waals surface area contributed by atoms with Gasteiger partial charge in [0.25, 0.3) is 5.91 Å². The van der Waals surface area contributed by atoms with Crippen molar-refractivity contribution in [2.24, 2.45) is 0 Å². The molecule has 1 aliphatic rings. The van der Waals surface area contributed by atoms with Crippen LogP contribution in [-0.4, -0.2) is 23.3 Å². The van der Waals surface area contributed by atoms with Crippen molar-refractivity contribution in [1.82, 2.24) is 4.90 Å².